The third-order valence-electron chi connectivity index (χ3n) is 5.78. The van der Waals surface area contributed by atoms with Crippen molar-refractivity contribution in [3.8, 4) is 11.5 Å². The lowest BCUT2D eigenvalue weighted by Crippen LogP contribution is -2.29. The fourth-order valence-electron chi connectivity index (χ4n) is 4.06. The molecule has 4 rings (SSSR count). The van der Waals surface area contributed by atoms with Crippen molar-refractivity contribution in [3.63, 3.8) is 0 Å². The Morgan fingerprint density at radius 2 is 1.50 bits per heavy atom. The van der Waals surface area contributed by atoms with Crippen LogP contribution in [0.4, 0.5) is 5.69 Å². The minimum atomic E-state index is -0.372. The predicted octanol–water partition coefficient (Wildman–Crippen LogP) is 5.68. The Kier molecular flexibility index (Phi) is 6.77. The summed E-state index contributed by atoms with van der Waals surface area (Å²) in [4.78, 5) is 38.5. The minimum absolute atomic E-state index is 0.212. The number of imide groups is 1. The van der Waals surface area contributed by atoms with Gasteiger partial charge in [0.15, 0.2) is 0 Å². The Morgan fingerprint density at radius 3 is 2.09 bits per heavy atom. The summed E-state index contributed by atoms with van der Waals surface area (Å²) in [7, 11) is 0. The topological polar surface area (TPSA) is 72.9 Å². The molecule has 6 nitrogen and oxygen atoms in total. The van der Waals surface area contributed by atoms with Gasteiger partial charge in [-0.2, -0.15) is 0 Å². The smallest absolute Gasteiger partial charge is 0.311 e. The highest BCUT2D eigenvalue weighted by Gasteiger charge is 2.36. The lowest BCUT2D eigenvalue weighted by Gasteiger charge is -2.14. The molecular weight excluding hydrogens is 430 g/mol. The van der Waals surface area contributed by atoms with Crippen LogP contribution in [0, 0.1) is 6.92 Å². The molecule has 0 saturated carbocycles. The van der Waals surface area contributed by atoms with Crippen LogP contribution in [0.15, 0.2) is 66.7 Å². The molecule has 1 aliphatic heterocycles. The third-order valence-corrected chi connectivity index (χ3v) is 5.78. The summed E-state index contributed by atoms with van der Waals surface area (Å²) in [6.07, 6.45) is 0.736. The largest absolute Gasteiger partial charge is 0.494 e. The summed E-state index contributed by atoms with van der Waals surface area (Å²) in [6, 6.07) is 19.1. The van der Waals surface area contributed by atoms with E-state index >= 15 is 0 Å². The van der Waals surface area contributed by atoms with Gasteiger partial charge in [-0.15, -0.1) is 0 Å². The first-order valence-electron chi connectivity index (χ1n) is 11.4. The number of amides is 2. The molecule has 0 aliphatic carbocycles. The molecule has 3 aromatic rings. The van der Waals surface area contributed by atoms with Gasteiger partial charge in [0, 0.05) is 6.42 Å². The van der Waals surface area contributed by atoms with Crippen LogP contribution < -0.4 is 14.4 Å². The second-order valence-electron chi connectivity index (χ2n) is 8.58. The highest BCUT2D eigenvalue weighted by Crippen LogP contribution is 2.29. The molecule has 1 aliphatic rings. The van der Waals surface area contributed by atoms with Gasteiger partial charge in [-0.25, -0.2) is 4.90 Å². The number of rotatable bonds is 8. The van der Waals surface area contributed by atoms with Crippen molar-refractivity contribution >= 4 is 23.5 Å². The predicted molar refractivity (Wildman–Crippen MR) is 130 cm³/mol. The fraction of sp³-hybridized carbons (Fsp3) is 0.250. The normalized spacial score (nSPS) is 12.8. The molecule has 0 aromatic heterocycles. The SMILES string of the molecule is Cc1cc(OCCCC(=O)Oc2ccc(N3C(=O)c4ccccc4C3=O)cc2)ccc1C(C)C. The number of ether oxygens (including phenoxy) is 2. The molecule has 0 atom stereocenters. The highest BCUT2D eigenvalue weighted by molar-refractivity contribution is 6.34. The van der Waals surface area contributed by atoms with Gasteiger partial charge < -0.3 is 9.47 Å². The molecule has 6 heteroatoms. The summed E-state index contributed by atoms with van der Waals surface area (Å²) in [6.45, 7) is 6.80. The van der Waals surface area contributed by atoms with Gasteiger partial charge in [0.1, 0.15) is 11.5 Å². The van der Waals surface area contributed by atoms with Crippen molar-refractivity contribution in [2.45, 2.75) is 39.5 Å². The fourth-order valence-corrected chi connectivity index (χ4v) is 4.06. The number of aryl methyl sites for hydroxylation is 1. The van der Waals surface area contributed by atoms with Crippen molar-refractivity contribution in [2.75, 3.05) is 11.5 Å². The van der Waals surface area contributed by atoms with E-state index in [-0.39, 0.29) is 24.2 Å². The van der Waals surface area contributed by atoms with Crippen molar-refractivity contribution in [1.29, 1.82) is 0 Å². The quantitative estimate of drug-likeness (QED) is 0.188. The number of carbonyl (C=O) groups excluding carboxylic acids is 3. The van der Waals surface area contributed by atoms with Crippen LogP contribution in [0.25, 0.3) is 0 Å². The van der Waals surface area contributed by atoms with E-state index in [1.54, 1.807) is 48.5 Å². The first-order chi connectivity index (χ1) is 16.3. The molecule has 0 spiro atoms. The first kappa shape index (κ1) is 23.2. The van der Waals surface area contributed by atoms with Crippen molar-refractivity contribution in [2.24, 2.45) is 0 Å². The Hall–Kier alpha value is -3.93. The van der Waals surface area contributed by atoms with E-state index in [9.17, 15) is 14.4 Å². The molecular formula is C28H27NO5. The average Bonchev–Trinajstić information content (AvgIpc) is 3.07. The number of benzene rings is 3. The number of nitrogens with zero attached hydrogens (tertiary/aromatic N) is 1. The maximum absolute atomic E-state index is 12.6. The first-order valence-corrected chi connectivity index (χ1v) is 11.4. The van der Waals surface area contributed by atoms with E-state index in [1.165, 1.54) is 11.1 Å². The summed E-state index contributed by atoms with van der Waals surface area (Å²) < 4.78 is 11.1. The van der Waals surface area contributed by atoms with E-state index in [0.717, 1.165) is 10.6 Å². The van der Waals surface area contributed by atoms with Crippen LogP contribution in [-0.2, 0) is 4.79 Å². The van der Waals surface area contributed by atoms with E-state index in [2.05, 4.69) is 26.8 Å². The number of carbonyl (C=O) groups is 3. The molecule has 174 valence electrons. The minimum Gasteiger partial charge on any atom is -0.494 e. The van der Waals surface area contributed by atoms with Gasteiger partial charge in [-0.05, 0) is 78.9 Å². The zero-order valence-corrected chi connectivity index (χ0v) is 19.5. The van der Waals surface area contributed by atoms with Gasteiger partial charge in [-0.3, -0.25) is 14.4 Å². The van der Waals surface area contributed by atoms with E-state index in [4.69, 9.17) is 9.47 Å². The number of anilines is 1. The van der Waals surface area contributed by atoms with Gasteiger partial charge in [0.25, 0.3) is 11.8 Å². The van der Waals surface area contributed by atoms with Crippen molar-refractivity contribution < 1.29 is 23.9 Å². The monoisotopic (exact) mass is 457 g/mol. The molecule has 0 radical (unpaired) electrons. The van der Waals surface area contributed by atoms with Gasteiger partial charge in [-0.1, -0.05) is 32.0 Å². The second kappa shape index (κ2) is 9.91. The van der Waals surface area contributed by atoms with Crippen LogP contribution in [0.2, 0.25) is 0 Å². The molecule has 2 amide bonds. The van der Waals surface area contributed by atoms with Crippen LogP contribution in [-0.4, -0.2) is 24.4 Å². The van der Waals surface area contributed by atoms with E-state index in [0.29, 0.717) is 41.5 Å². The second-order valence-corrected chi connectivity index (χ2v) is 8.58. The summed E-state index contributed by atoms with van der Waals surface area (Å²) >= 11 is 0. The highest BCUT2D eigenvalue weighted by atomic mass is 16.5. The van der Waals surface area contributed by atoms with Crippen LogP contribution in [0.1, 0.15) is 64.4 Å². The van der Waals surface area contributed by atoms with Crippen LogP contribution in [0.3, 0.4) is 0 Å². The zero-order valence-electron chi connectivity index (χ0n) is 19.5. The molecule has 1 heterocycles. The molecule has 0 unspecified atom stereocenters. The standard InChI is InChI=1S/C28H27NO5/c1-18(2)23-15-14-22(17-19(23)3)33-16-6-9-26(30)34-21-12-10-20(11-13-21)29-27(31)24-7-4-5-8-25(24)28(29)32/h4-5,7-8,10-15,17-18H,6,9,16H2,1-3H3. The molecule has 3 aromatic carbocycles. The van der Waals surface area contributed by atoms with E-state index in [1.807, 2.05) is 12.1 Å². The maximum atomic E-state index is 12.6. The average molecular weight is 458 g/mol. The molecule has 0 fully saturated rings. The summed E-state index contributed by atoms with van der Waals surface area (Å²) in [5.74, 6) is 0.512. The number of hydrogen-bond acceptors (Lipinski definition) is 5. The van der Waals surface area contributed by atoms with E-state index < -0.39 is 0 Å². The number of hydrogen-bond donors (Lipinski definition) is 0. The summed E-state index contributed by atoms with van der Waals surface area (Å²) in [5, 5.41) is 0. The number of fused-ring (bicyclic) bond motifs is 1. The molecule has 0 saturated heterocycles. The Balaban J connectivity index is 1.26. The summed E-state index contributed by atoms with van der Waals surface area (Å²) in [5.41, 5.74) is 3.69. The molecule has 0 bridgehead atoms. The number of esters is 1. The van der Waals surface area contributed by atoms with Gasteiger partial charge in [0.05, 0.1) is 23.4 Å². The lowest BCUT2D eigenvalue weighted by molar-refractivity contribution is -0.134. The lowest BCUT2D eigenvalue weighted by atomic mass is 9.98. The Labute approximate surface area is 199 Å². The van der Waals surface area contributed by atoms with Crippen LogP contribution >= 0.6 is 0 Å². The maximum Gasteiger partial charge on any atom is 0.311 e. The third kappa shape index (κ3) is 4.86. The Bertz CT molecular complexity index is 1190. The molecule has 0 N–H and O–H groups in total. The van der Waals surface area contributed by atoms with Crippen molar-refractivity contribution in [1.82, 2.24) is 0 Å². The van der Waals surface area contributed by atoms with Crippen molar-refractivity contribution in [3.05, 3.63) is 89.0 Å². The van der Waals surface area contributed by atoms with Gasteiger partial charge >= 0.3 is 5.97 Å². The zero-order chi connectivity index (χ0) is 24.2. The molecule has 34 heavy (non-hydrogen) atoms. The van der Waals surface area contributed by atoms with Crippen LogP contribution in [0.5, 0.6) is 11.5 Å². The van der Waals surface area contributed by atoms with Gasteiger partial charge in [0.2, 0.25) is 0 Å². The Morgan fingerprint density at radius 1 is 0.882 bits per heavy atom.